The fourth-order valence-corrected chi connectivity index (χ4v) is 2.90. The second-order valence-corrected chi connectivity index (χ2v) is 7.20. The van der Waals surface area contributed by atoms with Crippen LogP contribution < -0.4 is 10.2 Å². The zero-order valence-corrected chi connectivity index (χ0v) is 16.0. The monoisotopic (exact) mass is 378 g/mol. The third-order valence-corrected chi connectivity index (χ3v) is 3.95. The Kier molecular flexibility index (Phi) is 6.56. The second-order valence-electron chi connectivity index (χ2n) is 7.20. The Hall–Kier alpha value is -2.45. The molecule has 2 N–H and O–H groups in total. The highest BCUT2D eigenvalue weighted by atomic mass is 16.6. The van der Waals surface area contributed by atoms with Crippen molar-refractivity contribution < 1.29 is 29.0 Å². The Morgan fingerprint density at radius 2 is 2.07 bits per heavy atom. The maximum Gasteiger partial charge on any atom is 0.408 e. The Bertz CT molecular complexity index is 700. The van der Waals surface area contributed by atoms with Crippen molar-refractivity contribution >= 4 is 24.0 Å². The minimum Gasteiger partial charge on any atom is -0.444 e. The van der Waals surface area contributed by atoms with Crippen molar-refractivity contribution in [2.75, 3.05) is 11.5 Å². The van der Waals surface area contributed by atoms with Crippen LogP contribution in [0.2, 0.25) is 0 Å². The van der Waals surface area contributed by atoms with E-state index in [-0.39, 0.29) is 13.0 Å². The van der Waals surface area contributed by atoms with Gasteiger partial charge >= 0.3 is 6.09 Å². The lowest BCUT2D eigenvalue weighted by Crippen LogP contribution is -2.53. The number of amides is 2. The van der Waals surface area contributed by atoms with Crippen LogP contribution in [0.1, 0.15) is 45.8 Å². The molecule has 148 valence electrons. The maximum atomic E-state index is 13.1. The van der Waals surface area contributed by atoms with Crippen molar-refractivity contribution in [3.63, 3.8) is 0 Å². The average molecular weight is 378 g/mol. The van der Waals surface area contributed by atoms with Gasteiger partial charge < -0.3 is 19.9 Å². The molecule has 0 radical (unpaired) electrons. The Morgan fingerprint density at radius 1 is 1.41 bits per heavy atom. The number of para-hydroxylation sites is 1. The quantitative estimate of drug-likeness (QED) is 0.759. The van der Waals surface area contributed by atoms with Gasteiger partial charge in [0.15, 0.2) is 12.5 Å². The Balaban J connectivity index is 2.39. The Morgan fingerprint density at radius 3 is 2.67 bits per heavy atom. The molecule has 1 heterocycles. The summed E-state index contributed by atoms with van der Waals surface area (Å²) >= 11 is 0. The molecule has 0 aromatic heterocycles. The molecular formula is C19H26N2O6. The van der Waals surface area contributed by atoms with E-state index < -0.39 is 36.0 Å². The lowest BCUT2D eigenvalue weighted by Gasteiger charge is -2.30. The molecule has 8 heteroatoms. The predicted molar refractivity (Wildman–Crippen MR) is 98.1 cm³/mol. The first-order valence-corrected chi connectivity index (χ1v) is 8.84. The van der Waals surface area contributed by atoms with Crippen LogP contribution in [0.4, 0.5) is 10.5 Å². The number of carbonyl (C=O) groups is 3. The largest absolute Gasteiger partial charge is 0.444 e. The number of carbonyl (C=O) groups excluding carboxylic acids is 3. The van der Waals surface area contributed by atoms with Gasteiger partial charge in [-0.1, -0.05) is 18.2 Å². The number of alkyl carbamates (subject to hydrolysis) is 1. The molecule has 1 aromatic rings. The van der Waals surface area contributed by atoms with Crippen LogP contribution in [0, 0.1) is 0 Å². The molecule has 0 spiro atoms. The molecular weight excluding hydrogens is 352 g/mol. The van der Waals surface area contributed by atoms with Crippen LogP contribution in [0.5, 0.6) is 0 Å². The van der Waals surface area contributed by atoms with Crippen molar-refractivity contribution in [2.24, 2.45) is 0 Å². The zero-order valence-electron chi connectivity index (χ0n) is 16.0. The number of hydrogen-bond donors (Lipinski definition) is 2. The normalized spacial score (nSPS) is 21.1. The van der Waals surface area contributed by atoms with Crippen LogP contribution in [0.3, 0.4) is 0 Å². The van der Waals surface area contributed by atoms with Gasteiger partial charge in [-0.3, -0.25) is 14.5 Å². The number of ether oxygens (including phenoxy) is 2. The van der Waals surface area contributed by atoms with Gasteiger partial charge in [0.25, 0.3) is 5.91 Å². The second kappa shape index (κ2) is 8.49. The summed E-state index contributed by atoms with van der Waals surface area (Å²) in [5, 5.41) is 13.1. The van der Waals surface area contributed by atoms with E-state index in [1.54, 1.807) is 52.0 Å². The average Bonchev–Trinajstić information content (AvgIpc) is 2.68. The number of fused-ring (bicyclic) bond motifs is 1. The minimum atomic E-state index is -1.17. The van der Waals surface area contributed by atoms with E-state index in [1.807, 2.05) is 0 Å². The molecule has 8 nitrogen and oxygen atoms in total. The predicted octanol–water partition coefficient (Wildman–Crippen LogP) is 1.91. The number of aldehydes is 1. The van der Waals surface area contributed by atoms with Crippen molar-refractivity contribution in [1.29, 1.82) is 0 Å². The van der Waals surface area contributed by atoms with E-state index >= 15 is 0 Å². The summed E-state index contributed by atoms with van der Waals surface area (Å²) < 4.78 is 10.6. The van der Waals surface area contributed by atoms with Crippen molar-refractivity contribution in [3.8, 4) is 0 Å². The number of aliphatic hydroxyl groups is 1. The number of nitrogens with zero attached hydrogens (tertiary/aromatic N) is 1. The van der Waals surface area contributed by atoms with E-state index in [9.17, 15) is 19.5 Å². The highest BCUT2D eigenvalue weighted by Gasteiger charge is 2.39. The molecule has 0 aliphatic carbocycles. The molecule has 2 rings (SSSR count). The van der Waals surface area contributed by atoms with E-state index in [2.05, 4.69) is 5.32 Å². The number of hydrogen-bond acceptors (Lipinski definition) is 6. The fourth-order valence-electron chi connectivity index (χ4n) is 2.90. The molecule has 0 fully saturated rings. The van der Waals surface area contributed by atoms with Gasteiger partial charge in [-0.2, -0.15) is 0 Å². The number of rotatable bonds is 5. The molecule has 0 bridgehead atoms. The smallest absolute Gasteiger partial charge is 0.408 e. The number of aliphatic hydroxyl groups excluding tert-OH is 1. The summed E-state index contributed by atoms with van der Waals surface area (Å²) in [5.74, 6) is -0.560. The molecule has 2 amide bonds. The summed E-state index contributed by atoms with van der Waals surface area (Å²) in [6.45, 7) is 7.03. The zero-order chi connectivity index (χ0) is 20.2. The fraction of sp³-hybridized carbons (Fsp3) is 0.526. The molecule has 3 unspecified atom stereocenters. The van der Waals surface area contributed by atoms with E-state index in [0.29, 0.717) is 17.5 Å². The highest BCUT2D eigenvalue weighted by Crippen LogP contribution is 2.34. The summed E-state index contributed by atoms with van der Waals surface area (Å²) in [5.41, 5.74) is 0.107. The van der Waals surface area contributed by atoms with Gasteiger partial charge in [-0.05, 0) is 33.8 Å². The molecule has 1 aliphatic heterocycles. The maximum absolute atomic E-state index is 13.1. The molecule has 1 aromatic carbocycles. The van der Waals surface area contributed by atoms with Gasteiger partial charge in [-0.15, -0.1) is 0 Å². The van der Waals surface area contributed by atoms with E-state index in [1.165, 1.54) is 4.90 Å². The van der Waals surface area contributed by atoms with Gasteiger partial charge in [0.05, 0.1) is 11.8 Å². The van der Waals surface area contributed by atoms with Crippen molar-refractivity contribution in [3.05, 3.63) is 29.8 Å². The number of benzene rings is 1. The van der Waals surface area contributed by atoms with Crippen LogP contribution in [-0.2, 0) is 19.1 Å². The summed E-state index contributed by atoms with van der Waals surface area (Å²) in [6, 6.07) is 5.64. The first-order chi connectivity index (χ1) is 12.7. The van der Waals surface area contributed by atoms with Crippen LogP contribution in [0.25, 0.3) is 0 Å². The topological polar surface area (TPSA) is 105 Å². The summed E-state index contributed by atoms with van der Waals surface area (Å²) in [7, 11) is 0. The van der Waals surface area contributed by atoms with Gasteiger partial charge in [0.2, 0.25) is 0 Å². The lowest BCUT2D eigenvalue weighted by atomic mass is 10.0. The molecule has 0 saturated carbocycles. The molecule has 0 saturated heterocycles. The number of anilines is 1. The van der Waals surface area contributed by atoms with E-state index in [4.69, 9.17) is 9.47 Å². The minimum absolute atomic E-state index is 0.0523. The van der Waals surface area contributed by atoms with Crippen molar-refractivity contribution in [1.82, 2.24) is 5.32 Å². The van der Waals surface area contributed by atoms with Gasteiger partial charge in [0.1, 0.15) is 11.6 Å². The van der Waals surface area contributed by atoms with Crippen LogP contribution >= 0.6 is 0 Å². The third kappa shape index (κ3) is 5.05. The SMILES string of the molecule is CCOC(C=O)N1C(=O)C(NC(=O)OC(C)(C)C)CC(O)c2ccccc21. The van der Waals surface area contributed by atoms with Gasteiger partial charge in [0, 0.05) is 18.6 Å². The Labute approximate surface area is 158 Å². The highest BCUT2D eigenvalue weighted by molar-refractivity contribution is 6.02. The van der Waals surface area contributed by atoms with Crippen LogP contribution in [-0.4, -0.2) is 47.9 Å². The first kappa shape index (κ1) is 20.9. The first-order valence-electron chi connectivity index (χ1n) is 8.84. The number of nitrogens with one attached hydrogen (secondary N) is 1. The van der Waals surface area contributed by atoms with Gasteiger partial charge in [-0.25, -0.2) is 4.79 Å². The molecule has 1 aliphatic rings. The third-order valence-electron chi connectivity index (χ3n) is 3.95. The molecule has 3 atom stereocenters. The lowest BCUT2D eigenvalue weighted by molar-refractivity contribution is -0.128. The van der Waals surface area contributed by atoms with Crippen molar-refractivity contribution in [2.45, 2.75) is 58.1 Å². The standard InChI is InChI=1S/C19H26N2O6/c1-5-26-16(11-22)21-14-9-7-6-8-12(14)15(23)10-13(17(21)24)20-18(25)27-19(2,3)4/h6-9,11,13,15-16,23H,5,10H2,1-4H3,(H,20,25). The molecule has 27 heavy (non-hydrogen) atoms. The van der Waals surface area contributed by atoms with E-state index in [0.717, 1.165) is 0 Å². The summed E-state index contributed by atoms with van der Waals surface area (Å²) in [6.07, 6.45) is -2.50. The summed E-state index contributed by atoms with van der Waals surface area (Å²) in [4.78, 5) is 38.0. The van der Waals surface area contributed by atoms with Crippen LogP contribution in [0.15, 0.2) is 24.3 Å².